The molecule has 68 heavy (non-hydrogen) atoms. The lowest BCUT2D eigenvalue weighted by molar-refractivity contribution is 0.269. The summed E-state index contributed by atoms with van der Waals surface area (Å²) in [5.74, 6) is 1.21. The van der Waals surface area contributed by atoms with Crippen molar-refractivity contribution in [2.45, 2.75) is 12.0 Å². The van der Waals surface area contributed by atoms with Gasteiger partial charge in [0.1, 0.15) is 23.0 Å². The van der Waals surface area contributed by atoms with E-state index in [-0.39, 0.29) is 12.0 Å². The Morgan fingerprint density at radius 3 is 1.88 bits per heavy atom. The maximum absolute atomic E-state index is 6.83. The van der Waals surface area contributed by atoms with Gasteiger partial charge >= 0.3 is 0 Å². The molecule has 1 aliphatic heterocycles. The zero-order valence-electron chi connectivity index (χ0n) is 37.0. The molecule has 0 saturated heterocycles. The smallest absolute Gasteiger partial charge is 0.143 e. The second-order valence-electron chi connectivity index (χ2n) is 18.0. The summed E-state index contributed by atoms with van der Waals surface area (Å²) in [5.41, 5.74) is 16.4. The lowest BCUT2D eigenvalue weighted by atomic mass is 9.87. The maximum atomic E-state index is 6.83. The first-order valence-electron chi connectivity index (χ1n) is 23.4. The number of hydrogen-bond acceptors (Lipinski definition) is 3. The van der Waals surface area contributed by atoms with Crippen molar-refractivity contribution < 1.29 is 9.15 Å². The van der Waals surface area contributed by atoms with Crippen LogP contribution in [0.25, 0.3) is 88.0 Å². The van der Waals surface area contributed by atoms with Crippen LogP contribution in [0.3, 0.4) is 0 Å². The van der Waals surface area contributed by atoms with Gasteiger partial charge in [0.05, 0.1) is 16.7 Å². The Bertz CT molecular complexity index is 3970. The van der Waals surface area contributed by atoms with Crippen LogP contribution < -0.4 is 9.64 Å². The summed E-state index contributed by atoms with van der Waals surface area (Å²) >= 11 is 0. The minimum absolute atomic E-state index is 0.0176. The van der Waals surface area contributed by atoms with Crippen molar-refractivity contribution in [1.29, 1.82) is 0 Å². The highest BCUT2D eigenvalue weighted by Crippen LogP contribution is 2.47. The summed E-state index contributed by atoms with van der Waals surface area (Å²) in [4.78, 5) is 2.38. The molecule has 0 spiro atoms. The number of allylic oxidation sites excluding steroid dienone is 2. The van der Waals surface area contributed by atoms with Gasteiger partial charge in [0.2, 0.25) is 0 Å². The van der Waals surface area contributed by atoms with Crippen LogP contribution in [-0.2, 0) is 0 Å². The highest BCUT2D eigenvalue weighted by Gasteiger charge is 2.33. The van der Waals surface area contributed by atoms with Crippen LogP contribution in [0.2, 0.25) is 0 Å². The largest absolute Gasteiger partial charge is 0.485 e. The van der Waals surface area contributed by atoms with Crippen molar-refractivity contribution >= 4 is 77.2 Å². The number of fused-ring (bicyclic) bond motifs is 10. The molecule has 320 valence electrons. The molecule has 3 heterocycles. The molecule has 2 aliphatic rings. The second kappa shape index (κ2) is 15.4. The van der Waals surface area contributed by atoms with Crippen LogP contribution in [0.5, 0.6) is 5.75 Å². The maximum Gasteiger partial charge on any atom is 0.143 e. The van der Waals surface area contributed by atoms with Gasteiger partial charge in [-0.25, -0.2) is 0 Å². The Morgan fingerprint density at radius 2 is 1.09 bits per heavy atom. The van der Waals surface area contributed by atoms with Gasteiger partial charge in [-0.3, -0.25) is 0 Å². The minimum atomic E-state index is -0.0176. The summed E-state index contributed by atoms with van der Waals surface area (Å²) in [6.07, 6.45) is 6.80. The molecule has 10 aromatic carbocycles. The number of benzene rings is 10. The van der Waals surface area contributed by atoms with E-state index in [1.807, 2.05) is 6.07 Å². The SMILES string of the molecule is C1=CC2c3ccccc3OC2C=C1c1ccc(N(c2ccc(-c3cccc(-n4c5ccccc5c5ccccc54)c3)cc2)c2ccccc2-c2cccc3c2oc2cc4ccccc4cc23)cc1. The zero-order chi connectivity index (χ0) is 44.7. The predicted octanol–water partition coefficient (Wildman–Crippen LogP) is 17.1. The van der Waals surface area contributed by atoms with Crippen LogP contribution in [0.4, 0.5) is 17.1 Å². The first-order chi connectivity index (χ1) is 33.7. The van der Waals surface area contributed by atoms with Crippen LogP contribution in [-0.4, -0.2) is 10.7 Å². The van der Waals surface area contributed by atoms with E-state index < -0.39 is 0 Å². The summed E-state index contributed by atoms with van der Waals surface area (Å²) in [6.45, 7) is 0. The first-order valence-corrected chi connectivity index (χ1v) is 23.4. The molecular formula is C64H42N2O2. The van der Waals surface area contributed by atoms with Crippen molar-refractivity contribution in [1.82, 2.24) is 4.57 Å². The standard InChI is InChI=1S/C64H42N2O2/c1-2-14-45-39-63-57(38-44(45)13-1)56-22-12-21-55(64(56)68-63)52-19-5-7-23-58(52)65(48-34-29-42(30-35-48)46-31-36-54-53-20-6-10-26-61(53)67-62(54)40-46)47-32-27-41(28-33-47)43-15-11-16-49(37-43)66-59-24-8-3-17-50(59)51-18-4-9-25-60(51)66/h1-40,54,62H. The van der Waals surface area contributed by atoms with Crippen molar-refractivity contribution in [3.05, 3.63) is 254 Å². The molecule has 12 aromatic rings. The Kier molecular flexibility index (Phi) is 8.68. The number of ether oxygens (including phenoxy) is 1. The molecule has 2 aromatic heterocycles. The predicted molar refractivity (Wildman–Crippen MR) is 282 cm³/mol. The minimum Gasteiger partial charge on any atom is -0.485 e. The van der Waals surface area contributed by atoms with Crippen LogP contribution in [0, 0.1) is 0 Å². The van der Waals surface area contributed by atoms with E-state index >= 15 is 0 Å². The number of aromatic nitrogens is 1. The zero-order valence-corrected chi connectivity index (χ0v) is 37.0. The van der Waals surface area contributed by atoms with Crippen molar-refractivity contribution in [3.63, 3.8) is 0 Å². The molecule has 14 rings (SSSR count). The van der Waals surface area contributed by atoms with E-state index in [4.69, 9.17) is 9.15 Å². The third kappa shape index (κ3) is 6.15. The highest BCUT2D eigenvalue weighted by atomic mass is 16.5. The monoisotopic (exact) mass is 870 g/mol. The second-order valence-corrected chi connectivity index (χ2v) is 18.0. The van der Waals surface area contributed by atoms with Crippen LogP contribution in [0.15, 0.2) is 247 Å². The number of para-hydroxylation sites is 5. The lowest BCUT2D eigenvalue weighted by Crippen LogP contribution is -2.17. The van der Waals surface area contributed by atoms with Gasteiger partial charge < -0.3 is 18.6 Å². The number of rotatable bonds is 7. The van der Waals surface area contributed by atoms with E-state index in [0.717, 1.165) is 89.2 Å². The Hall–Kier alpha value is -8.86. The molecule has 0 saturated carbocycles. The van der Waals surface area contributed by atoms with Crippen LogP contribution in [0.1, 0.15) is 17.0 Å². The number of hydrogen-bond donors (Lipinski definition) is 0. The molecular weight excluding hydrogens is 829 g/mol. The molecule has 0 N–H and O–H groups in total. The lowest BCUT2D eigenvalue weighted by Gasteiger charge is -2.28. The average Bonchev–Trinajstić information content (AvgIpc) is 4.08. The Balaban J connectivity index is 0.878. The summed E-state index contributed by atoms with van der Waals surface area (Å²) in [7, 11) is 0. The number of furan rings is 1. The van der Waals surface area contributed by atoms with Gasteiger partial charge in [-0.15, -0.1) is 0 Å². The van der Waals surface area contributed by atoms with Crippen molar-refractivity contribution in [2.75, 3.05) is 4.90 Å². The van der Waals surface area contributed by atoms with E-state index in [2.05, 4.69) is 246 Å². The molecule has 1 aliphatic carbocycles. The van der Waals surface area contributed by atoms with Gasteiger partial charge in [-0.1, -0.05) is 164 Å². The molecule has 2 atom stereocenters. The fourth-order valence-electron chi connectivity index (χ4n) is 10.9. The molecule has 0 radical (unpaired) electrons. The molecule has 2 unspecified atom stereocenters. The normalized spacial score (nSPS) is 15.2. The van der Waals surface area contributed by atoms with Crippen molar-refractivity contribution in [2.24, 2.45) is 0 Å². The summed E-state index contributed by atoms with van der Waals surface area (Å²) in [6, 6.07) is 80.8. The topological polar surface area (TPSA) is 30.5 Å². The third-order valence-corrected chi connectivity index (χ3v) is 14.1. The Labute approximate surface area is 393 Å². The van der Waals surface area contributed by atoms with Crippen molar-refractivity contribution in [3.8, 4) is 33.7 Å². The van der Waals surface area contributed by atoms with Gasteiger partial charge in [-0.2, -0.15) is 0 Å². The van der Waals surface area contributed by atoms with Gasteiger partial charge in [0, 0.05) is 61.2 Å². The van der Waals surface area contributed by atoms with E-state index in [0.29, 0.717) is 0 Å². The highest BCUT2D eigenvalue weighted by molar-refractivity contribution is 6.14. The quantitative estimate of drug-likeness (QED) is 0.160. The summed E-state index contributed by atoms with van der Waals surface area (Å²) in [5, 5.41) is 7.10. The number of nitrogens with zero attached hydrogens (tertiary/aromatic N) is 2. The van der Waals surface area contributed by atoms with E-state index in [1.165, 1.54) is 32.8 Å². The fourth-order valence-corrected chi connectivity index (χ4v) is 10.9. The van der Waals surface area contributed by atoms with Gasteiger partial charge in [0.15, 0.2) is 0 Å². The summed E-state index contributed by atoms with van der Waals surface area (Å²) < 4.78 is 15.6. The molecule has 4 heteroatoms. The van der Waals surface area contributed by atoms with Crippen LogP contribution >= 0.6 is 0 Å². The van der Waals surface area contributed by atoms with Gasteiger partial charge in [-0.05, 0) is 112 Å². The molecule has 0 fully saturated rings. The van der Waals surface area contributed by atoms with E-state index in [1.54, 1.807) is 0 Å². The number of anilines is 3. The third-order valence-electron chi connectivity index (χ3n) is 14.1. The molecule has 4 nitrogen and oxygen atoms in total. The first kappa shape index (κ1) is 38.4. The molecule has 0 bridgehead atoms. The Morgan fingerprint density at radius 1 is 0.456 bits per heavy atom. The van der Waals surface area contributed by atoms with Gasteiger partial charge in [0.25, 0.3) is 0 Å². The average molecular weight is 871 g/mol. The fraction of sp³-hybridized carbons (Fsp3) is 0.0312. The molecule has 0 amide bonds. The van der Waals surface area contributed by atoms with E-state index in [9.17, 15) is 0 Å².